The van der Waals surface area contributed by atoms with E-state index in [2.05, 4.69) is 11.9 Å². The van der Waals surface area contributed by atoms with Crippen LogP contribution >= 0.6 is 0 Å². The Balaban J connectivity index is 1.81. The number of halogens is 4. The second-order valence-electron chi connectivity index (χ2n) is 9.33. The molecule has 0 aliphatic carbocycles. The van der Waals surface area contributed by atoms with E-state index in [9.17, 15) is 30.8 Å². The molecule has 216 valence electrons. The lowest BCUT2D eigenvalue weighted by atomic mass is 9.91. The number of thiol groups is 1. The summed E-state index contributed by atoms with van der Waals surface area (Å²) in [5, 5.41) is 0. The standard InChI is InChI=1S/C28H31F4N3O4S/c1-3-4-5-18-6-8-19(9-7-18)17-39-27-20(12-15-25(34-27)28(30,31)32)10-13-22(26(33)36)21-11-14-24(23(29)16-21)35(2)40(37)38/h6-9,11-12,14-16,22,40H,3-5,10,13,17H2,1-2H3,(H2,33,36). The van der Waals surface area contributed by atoms with Gasteiger partial charge in [0.2, 0.25) is 22.7 Å². The Hall–Kier alpha value is -3.67. The van der Waals surface area contributed by atoms with E-state index in [4.69, 9.17) is 10.5 Å². The molecule has 2 aromatic carbocycles. The first-order valence-corrected chi connectivity index (χ1v) is 13.8. The molecule has 40 heavy (non-hydrogen) atoms. The van der Waals surface area contributed by atoms with E-state index in [0.717, 1.165) is 46.8 Å². The van der Waals surface area contributed by atoms with E-state index in [-0.39, 0.29) is 36.6 Å². The topological polar surface area (TPSA) is 103 Å². The van der Waals surface area contributed by atoms with Crippen molar-refractivity contribution in [3.63, 3.8) is 0 Å². The lowest BCUT2D eigenvalue weighted by molar-refractivity contribution is -0.141. The van der Waals surface area contributed by atoms with Gasteiger partial charge in [0.05, 0.1) is 11.6 Å². The van der Waals surface area contributed by atoms with Crippen LogP contribution in [0.1, 0.15) is 60.1 Å². The van der Waals surface area contributed by atoms with Gasteiger partial charge in [-0.05, 0) is 60.6 Å². The minimum Gasteiger partial charge on any atom is -0.473 e. The van der Waals surface area contributed by atoms with Crippen molar-refractivity contribution in [3.8, 4) is 5.88 Å². The van der Waals surface area contributed by atoms with Crippen molar-refractivity contribution in [3.05, 3.63) is 88.4 Å². The van der Waals surface area contributed by atoms with Crippen LogP contribution < -0.4 is 14.8 Å². The number of anilines is 1. The molecule has 2 N–H and O–H groups in total. The van der Waals surface area contributed by atoms with Crippen molar-refractivity contribution in [2.24, 2.45) is 5.73 Å². The van der Waals surface area contributed by atoms with Gasteiger partial charge in [-0.3, -0.25) is 9.10 Å². The number of carbonyl (C=O) groups is 1. The van der Waals surface area contributed by atoms with Gasteiger partial charge in [0.1, 0.15) is 18.1 Å². The van der Waals surface area contributed by atoms with Crippen LogP contribution in [0.25, 0.3) is 0 Å². The molecular weight excluding hydrogens is 550 g/mol. The average molecular weight is 582 g/mol. The van der Waals surface area contributed by atoms with Crippen molar-refractivity contribution in [1.82, 2.24) is 4.98 Å². The van der Waals surface area contributed by atoms with Crippen LogP contribution in [-0.2, 0) is 41.3 Å². The first-order valence-electron chi connectivity index (χ1n) is 12.6. The number of nitrogens with zero attached hydrogens (tertiary/aromatic N) is 2. The minimum absolute atomic E-state index is 0.0171. The van der Waals surface area contributed by atoms with Gasteiger partial charge in [0.25, 0.3) is 0 Å². The van der Waals surface area contributed by atoms with Crippen molar-refractivity contribution in [2.45, 2.75) is 57.7 Å². The molecule has 0 saturated carbocycles. The number of amides is 1. The Morgan fingerprint density at radius 2 is 1.73 bits per heavy atom. The van der Waals surface area contributed by atoms with Crippen molar-refractivity contribution in [1.29, 1.82) is 0 Å². The summed E-state index contributed by atoms with van der Waals surface area (Å²) in [7, 11) is -1.89. The summed E-state index contributed by atoms with van der Waals surface area (Å²) in [6, 6.07) is 13.3. The first kappa shape index (κ1) is 30.9. The zero-order valence-electron chi connectivity index (χ0n) is 22.1. The SMILES string of the molecule is CCCCc1ccc(COc2nc(C(F)(F)F)ccc2CCC(C(N)=O)c2ccc(N(C)[SH](=O)=O)c(F)c2)cc1. The summed E-state index contributed by atoms with van der Waals surface area (Å²) in [5.41, 5.74) is 6.66. The number of pyridine rings is 1. The zero-order chi connectivity index (χ0) is 29.4. The van der Waals surface area contributed by atoms with Crippen molar-refractivity contribution >= 4 is 22.5 Å². The lowest BCUT2D eigenvalue weighted by Gasteiger charge is -2.18. The summed E-state index contributed by atoms with van der Waals surface area (Å²) >= 11 is 0. The predicted molar refractivity (Wildman–Crippen MR) is 144 cm³/mol. The number of benzene rings is 2. The maximum Gasteiger partial charge on any atom is 0.433 e. The highest BCUT2D eigenvalue weighted by Crippen LogP contribution is 2.33. The first-order chi connectivity index (χ1) is 18.9. The van der Waals surface area contributed by atoms with Crippen LogP contribution in [0.5, 0.6) is 5.88 Å². The quantitative estimate of drug-likeness (QED) is 0.210. The van der Waals surface area contributed by atoms with Crippen LogP contribution in [0.3, 0.4) is 0 Å². The van der Waals surface area contributed by atoms with Crippen LogP contribution in [0.2, 0.25) is 0 Å². The lowest BCUT2D eigenvalue weighted by Crippen LogP contribution is -2.23. The molecule has 0 radical (unpaired) electrons. The zero-order valence-corrected chi connectivity index (χ0v) is 23.0. The number of aromatic nitrogens is 1. The molecule has 0 fully saturated rings. The Labute approximate surface area is 232 Å². The third kappa shape index (κ3) is 8.17. The molecule has 0 spiro atoms. The fourth-order valence-corrected chi connectivity index (χ4v) is 4.48. The molecule has 3 aromatic rings. The largest absolute Gasteiger partial charge is 0.473 e. The molecule has 1 heterocycles. The Morgan fingerprint density at radius 1 is 1.05 bits per heavy atom. The monoisotopic (exact) mass is 581 g/mol. The summed E-state index contributed by atoms with van der Waals surface area (Å²) < 4.78 is 83.5. The van der Waals surface area contributed by atoms with E-state index in [1.807, 2.05) is 24.3 Å². The molecule has 12 heteroatoms. The highest BCUT2D eigenvalue weighted by molar-refractivity contribution is 7.74. The molecule has 0 bridgehead atoms. The summed E-state index contributed by atoms with van der Waals surface area (Å²) in [5.74, 6) is -2.87. The highest BCUT2D eigenvalue weighted by Gasteiger charge is 2.33. The van der Waals surface area contributed by atoms with Gasteiger partial charge in [0.15, 0.2) is 0 Å². The Bertz CT molecular complexity index is 1390. The maximum absolute atomic E-state index is 14.6. The van der Waals surface area contributed by atoms with Crippen LogP contribution in [0.4, 0.5) is 23.2 Å². The second-order valence-corrected chi connectivity index (χ2v) is 10.4. The predicted octanol–water partition coefficient (Wildman–Crippen LogP) is 5.33. The summed E-state index contributed by atoms with van der Waals surface area (Å²) in [6.07, 6.45) is -1.56. The molecule has 0 aliphatic heterocycles. The average Bonchev–Trinajstić information content (AvgIpc) is 2.90. The van der Waals surface area contributed by atoms with E-state index >= 15 is 0 Å². The smallest absolute Gasteiger partial charge is 0.433 e. The molecule has 0 aliphatic rings. The fourth-order valence-electron chi connectivity index (χ4n) is 4.14. The fraction of sp³-hybridized carbons (Fsp3) is 0.357. The molecule has 3 rings (SSSR count). The van der Waals surface area contributed by atoms with Gasteiger partial charge in [-0.1, -0.05) is 49.7 Å². The van der Waals surface area contributed by atoms with Crippen molar-refractivity contribution in [2.75, 3.05) is 11.4 Å². The number of unbranched alkanes of at least 4 members (excludes halogenated alkanes) is 1. The number of carbonyl (C=O) groups excluding carboxylic acids is 1. The molecule has 1 unspecified atom stereocenters. The van der Waals surface area contributed by atoms with Crippen LogP contribution in [-0.4, -0.2) is 26.4 Å². The number of alkyl halides is 3. The van der Waals surface area contributed by atoms with Gasteiger partial charge >= 0.3 is 6.18 Å². The number of hydrogen-bond acceptors (Lipinski definition) is 5. The number of rotatable bonds is 13. The minimum atomic E-state index is -4.69. The number of ether oxygens (including phenoxy) is 1. The Morgan fingerprint density at radius 3 is 2.30 bits per heavy atom. The number of primary amides is 1. The van der Waals surface area contributed by atoms with E-state index in [1.165, 1.54) is 25.2 Å². The number of hydrogen-bond donors (Lipinski definition) is 2. The molecule has 1 amide bonds. The van der Waals surface area contributed by atoms with Gasteiger partial charge in [-0.25, -0.2) is 17.8 Å². The molecule has 1 atom stereocenters. The molecule has 1 aromatic heterocycles. The summed E-state index contributed by atoms with van der Waals surface area (Å²) in [4.78, 5) is 15.9. The summed E-state index contributed by atoms with van der Waals surface area (Å²) in [6.45, 7) is 2.08. The van der Waals surface area contributed by atoms with Gasteiger partial charge in [0, 0.05) is 12.6 Å². The van der Waals surface area contributed by atoms with E-state index in [1.54, 1.807) is 0 Å². The molecule has 7 nitrogen and oxygen atoms in total. The molecular formula is C28H31F4N3O4S. The number of aryl methyl sites for hydroxylation is 2. The normalized spacial score (nSPS) is 12.4. The van der Waals surface area contributed by atoms with Crippen LogP contribution in [0.15, 0.2) is 54.6 Å². The van der Waals surface area contributed by atoms with E-state index in [0.29, 0.717) is 5.56 Å². The van der Waals surface area contributed by atoms with Crippen LogP contribution in [0, 0.1) is 5.82 Å². The van der Waals surface area contributed by atoms with Crippen molar-refractivity contribution < 1.29 is 35.5 Å². The maximum atomic E-state index is 14.6. The van der Waals surface area contributed by atoms with E-state index < -0.39 is 40.4 Å². The second kappa shape index (κ2) is 13.6. The number of nitrogens with two attached hydrogens (primary N) is 1. The third-order valence-electron chi connectivity index (χ3n) is 6.46. The Kier molecular flexibility index (Phi) is 10.5. The third-order valence-corrected chi connectivity index (χ3v) is 7.17. The van der Waals surface area contributed by atoms with Gasteiger partial charge in [-0.2, -0.15) is 13.2 Å². The van der Waals surface area contributed by atoms with Gasteiger partial charge < -0.3 is 10.5 Å². The highest BCUT2D eigenvalue weighted by atomic mass is 32.2. The molecule has 0 saturated heterocycles. The van der Waals surface area contributed by atoms with Gasteiger partial charge in [-0.15, -0.1) is 0 Å².